The molecule has 2 aromatic carbocycles. The number of rotatable bonds is 7. The standard InChI is InChI=1S/C32H40O3Si/c1-30(2,3)35-29(33)22-14-17-25-32(23-15-9-16-24-32)26-34-36(31(4,5)6,27-18-10-7-11-19-27)28-20-12-8-13-21-28/h7-8,10-13,15-16,18-21,23-24H,9,17,25-26H2,1-6H3. The van der Waals surface area contributed by atoms with Gasteiger partial charge in [-0.2, -0.15) is 0 Å². The Balaban J connectivity index is 1.91. The predicted octanol–water partition coefficient (Wildman–Crippen LogP) is 6.19. The second-order valence-corrected chi connectivity index (χ2v) is 15.8. The van der Waals surface area contributed by atoms with E-state index in [0.717, 1.165) is 12.8 Å². The van der Waals surface area contributed by atoms with Gasteiger partial charge < -0.3 is 9.16 Å². The van der Waals surface area contributed by atoms with Gasteiger partial charge in [0.05, 0.1) is 0 Å². The fraction of sp³-hybridized carbons (Fsp3) is 0.406. The van der Waals surface area contributed by atoms with E-state index < -0.39 is 19.9 Å². The molecule has 2 aromatic rings. The Morgan fingerprint density at radius 1 is 0.889 bits per heavy atom. The summed E-state index contributed by atoms with van der Waals surface area (Å²) in [5.41, 5.74) is -0.806. The van der Waals surface area contributed by atoms with Crippen LogP contribution in [0.1, 0.15) is 60.8 Å². The van der Waals surface area contributed by atoms with E-state index in [4.69, 9.17) is 9.16 Å². The molecule has 0 N–H and O–H groups in total. The van der Waals surface area contributed by atoms with Crippen molar-refractivity contribution < 1.29 is 14.0 Å². The minimum atomic E-state index is -2.65. The van der Waals surface area contributed by atoms with E-state index in [9.17, 15) is 4.79 Å². The summed E-state index contributed by atoms with van der Waals surface area (Å²) >= 11 is 0. The minimum Gasteiger partial charge on any atom is -0.450 e. The summed E-state index contributed by atoms with van der Waals surface area (Å²) in [6.45, 7) is 13.0. The summed E-state index contributed by atoms with van der Waals surface area (Å²) < 4.78 is 12.6. The smallest absolute Gasteiger partial charge is 0.384 e. The first-order valence-electron chi connectivity index (χ1n) is 12.8. The van der Waals surface area contributed by atoms with Gasteiger partial charge in [0.25, 0.3) is 8.32 Å². The van der Waals surface area contributed by atoms with Crippen LogP contribution in [0.15, 0.2) is 85.0 Å². The molecule has 0 heterocycles. The van der Waals surface area contributed by atoms with Crippen molar-refractivity contribution in [2.75, 3.05) is 6.61 Å². The predicted molar refractivity (Wildman–Crippen MR) is 152 cm³/mol. The van der Waals surface area contributed by atoms with Gasteiger partial charge >= 0.3 is 5.97 Å². The van der Waals surface area contributed by atoms with Crippen molar-refractivity contribution in [3.05, 3.63) is 85.0 Å². The first kappa shape index (κ1) is 27.7. The highest BCUT2D eigenvalue weighted by Gasteiger charge is 2.51. The lowest BCUT2D eigenvalue weighted by molar-refractivity contribution is -0.147. The lowest BCUT2D eigenvalue weighted by atomic mass is 9.81. The molecule has 0 saturated heterocycles. The van der Waals surface area contributed by atoms with E-state index >= 15 is 0 Å². The summed E-state index contributed by atoms with van der Waals surface area (Å²) in [5, 5.41) is 2.45. The first-order chi connectivity index (χ1) is 17.0. The average Bonchev–Trinajstić information content (AvgIpc) is 2.82. The van der Waals surface area contributed by atoms with E-state index in [-0.39, 0.29) is 10.5 Å². The zero-order valence-electron chi connectivity index (χ0n) is 22.6. The number of ether oxygens (including phenoxy) is 1. The van der Waals surface area contributed by atoms with Crippen molar-refractivity contribution in [2.24, 2.45) is 5.41 Å². The summed E-state index contributed by atoms with van der Waals surface area (Å²) in [4.78, 5) is 12.0. The molecule has 0 unspecified atom stereocenters. The van der Waals surface area contributed by atoms with Crippen LogP contribution < -0.4 is 10.4 Å². The van der Waals surface area contributed by atoms with Crippen LogP contribution in [0.25, 0.3) is 0 Å². The van der Waals surface area contributed by atoms with Crippen molar-refractivity contribution in [3.8, 4) is 11.8 Å². The molecule has 1 aliphatic rings. The van der Waals surface area contributed by atoms with Gasteiger partial charge in [-0.1, -0.05) is 112 Å². The van der Waals surface area contributed by atoms with Crippen molar-refractivity contribution >= 4 is 24.7 Å². The lowest BCUT2D eigenvalue weighted by Gasteiger charge is -2.45. The molecular weight excluding hydrogens is 460 g/mol. The highest BCUT2D eigenvalue weighted by atomic mass is 28.4. The van der Waals surface area contributed by atoms with Crippen LogP contribution in [-0.4, -0.2) is 26.5 Å². The summed E-state index contributed by atoms with van der Waals surface area (Å²) in [7, 11) is -2.65. The second-order valence-electron chi connectivity index (χ2n) is 11.5. The largest absolute Gasteiger partial charge is 0.450 e. The topological polar surface area (TPSA) is 35.5 Å². The van der Waals surface area contributed by atoms with Crippen molar-refractivity contribution in [2.45, 2.75) is 71.4 Å². The maximum atomic E-state index is 12.0. The number of benzene rings is 2. The van der Waals surface area contributed by atoms with Gasteiger partial charge in [-0.25, -0.2) is 4.79 Å². The molecule has 3 rings (SSSR count). The van der Waals surface area contributed by atoms with Crippen LogP contribution in [0.2, 0.25) is 5.04 Å². The Morgan fingerprint density at radius 2 is 1.42 bits per heavy atom. The van der Waals surface area contributed by atoms with Crippen molar-refractivity contribution in [1.82, 2.24) is 0 Å². The summed E-state index contributed by atoms with van der Waals surface area (Å²) in [6.07, 6.45) is 11.2. The van der Waals surface area contributed by atoms with Gasteiger partial charge in [-0.3, -0.25) is 0 Å². The number of esters is 1. The Labute approximate surface area is 218 Å². The Kier molecular flexibility index (Phi) is 8.82. The molecule has 0 radical (unpaired) electrons. The maximum absolute atomic E-state index is 12.0. The molecule has 0 bridgehead atoms. The molecule has 190 valence electrons. The number of hydrogen-bond donors (Lipinski definition) is 0. The van der Waals surface area contributed by atoms with Gasteiger partial charge in [0.15, 0.2) is 0 Å². The summed E-state index contributed by atoms with van der Waals surface area (Å²) in [5.74, 6) is 5.21. The number of allylic oxidation sites excluding steroid dienone is 2. The van der Waals surface area contributed by atoms with Gasteiger partial charge in [-0.15, -0.1) is 0 Å². The zero-order valence-corrected chi connectivity index (χ0v) is 23.6. The molecule has 0 atom stereocenters. The van der Waals surface area contributed by atoms with Crippen LogP contribution in [0.3, 0.4) is 0 Å². The normalized spacial score (nSPS) is 15.2. The van der Waals surface area contributed by atoms with Crippen LogP contribution in [-0.2, 0) is 14.0 Å². The molecule has 36 heavy (non-hydrogen) atoms. The summed E-state index contributed by atoms with van der Waals surface area (Å²) in [6, 6.07) is 21.4. The molecule has 0 amide bonds. The zero-order chi connectivity index (χ0) is 26.3. The highest BCUT2D eigenvalue weighted by Crippen LogP contribution is 2.40. The monoisotopic (exact) mass is 500 g/mol. The average molecular weight is 501 g/mol. The number of carbonyl (C=O) groups excluding carboxylic acids is 1. The van der Waals surface area contributed by atoms with Crippen LogP contribution in [0, 0.1) is 17.3 Å². The van der Waals surface area contributed by atoms with Gasteiger partial charge in [-0.05, 0) is 49.0 Å². The lowest BCUT2D eigenvalue weighted by Crippen LogP contribution is -2.67. The van der Waals surface area contributed by atoms with E-state index in [1.54, 1.807) is 0 Å². The SMILES string of the molecule is CC(C)(C)OC(=O)C#CCCC1(CO[Si](c2ccccc2)(c2ccccc2)C(C)(C)C)C=CCC=C1. The number of hydrogen-bond acceptors (Lipinski definition) is 3. The third-order valence-corrected chi connectivity index (χ3v) is 11.4. The van der Waals surface area contributed by atoms with E-state index in [1.807, 2.05) is 20.8 Å². The molecule has 0 saturated carbocycles. The first-order valence-corrected chi connectivity index (χ1v) is 14.7. The molecular formula is C32H40O3Si. The van der Waals surface area contributed by atoms with E-state index in [1.165, 1.54) is 10.4 Å². The maximum Gasteiger partial charge on any atom is 0.384 e. The molecule has 3 nitrogen and oxygen atoms in total. The molecule has 4 heteroatoms. The van der Waals surface area contributed by atoms with Crippen molar-refractivity contribution in [1.29, 1.82) is 0 Å². The quantitative estimate of drug-likeness (QED) is 0.149. The molecule has 0 aliphatic heterocycles. The van der Waals surface area contributed by atoms with E-state index in [2.05, 4.69) is 118 Å². The molecule has 0 spiro atoms. The van der Waals surface area contributed by atoms with Crippen LogP contribution in [0.5, 0.6) is 0 Å². The van der Waals surface area contributed by atoms with E-state index in [0.29, 0.717) is 13.0 Å². The third kappa shape index (κ3) is 6.87. The van der Waals surface area contributed by atoms with Crippen molar-refractivity contribution in [3.63, 3.8) is 0 Å². The fourth-order valence-corrected chi connectivity index (χ4v) is 9.45. The molecule has 0 aromatic heterocycles. The Hall–Kier alpha value is -2.87. The van der Waals surface area contributed by atoms with Crippen LogP contribution >= 0.6 is 0 Å². The molecule has 0 fully saturated rings. The Bertz CT molecular complexity index is 1070. The highest BCUT2D eigenvalue weighted by molar-refractivity contribution is 6.99. The van der Waals surface area contributed by atoms with Gasteiger partial charge in [0, 0.05) is 24.4 Å². The minimum absolute atomic E-state index is 0.0878. The third-order valence-electron chi connectivity index (χ3n) is 6.45. The van der Waals surface area contributed by atoms with Crippen LogP contribution in [0.4, 0.5) is 0 Å². The van der Waals surface area contributed by atoms with Gasteiger partial charge in [0.1, 0.15) is 5.60 Å². The second kappa shape index (κ2) is 11.5. The molecule has 1 aliphatic carbocycles. The fourth-order valence-electron chi connectivity index (χ4n) is 4.81. The van der Waals surface area contributed by atoms with Gasteiger partial charge in [0.2, 0.25) is 0 Å². The Morgan fingerprint density at radius 3 is 1.89 bits per heavy atom. The number of carbonyl (C=O) groups is 1.